The minimum atomic E-state index is 0.593. The summed E-state index contributed by atoms with van der Waals surface area (Å²) in [5.41, 5.74) is 0. The van der Waals surface area contributed by atoms with Gasteiger partial charge in [-0.05, 0) is 0 Å². The SMILES string of the molecule is C=C1N=CC=N1.CC. The Morgan fingerprint density at radius 2 is 1.62 bits per heavy atom. The van der Waals surface area contributed by atoms with Crippen LogP contribution in [0.1, 0.15) is 13.8 Å². The smallest absolute Gasteiger partial charge is 0.144 e. The maximum atomic E-state index is 3.69. The molecule has 2 nitrogen and oxygen atoms in total. The molecule has 0 atom stereocenters. The Morgan fingerprint density at radius 1 is 1.25 bits per heavy atom. The molecule has 0 radical (unpaired) electrons. The van der Waals surface area contributed by atoms with E-state index in [-0.39, 0.29) is 0 Å². The molecule has 44 valence electrons. The van der Waals surface area contributed by atoms with Gasteiger partial charge in [0.05, 0.1) is 0 Å². The van der Waals surface area contributed by atoms with Crippen LogP contribution in [0.4, 0.5) is 0 Å². The van der Waals surface area contributed by atoms with Crippen LogP contribution in [0.3, 0.4) is 0 Å². The quantitative estimate of drug-likeness (QED) is 0.453. The van der Waals surface area contributed by atoms with Gasteiger partial charge in [0.1, 0.15) is 5.82 Å². The molecule has 0 saturated heterocycles. The van der Waals surface area contributed by atoms with Crippen LogP contribution in [0.5, 0.6) is 0 Å². The van der Waals surface area contributed by atoms with Gasteiger partial charge in [-0.1, -0.05) is 20.4 Å². The maximum absolute atomic E-state index is 3.69. The molecule has 1 rings (SSSR count). The molecule has 0 bridgehead atoms. The van der Waals surface area contributed by atoms with Crippen molar-refractivity contribution < 1.29 is 0 Å². The van der Waals surface area contributed by atoms with Crippen molar-refractivity contribution in [3.05, 3.63) is 12.4 Å². The summed E-state index contributed by atoms with van der Waals surface area (Å²) >= 11 is 0. The zero-order valence-electron chi connectivity index (χ0n) is 5.26. The molecule has 2 heteroatoms. The van der Waals surface area contributed by atoms with E-state index in [1.54, 1.807) is 12.4 Å². The van der Waals surface area contributed by atoms with Crippen LogP contribution in [0, 0.1) is 0 Å². The number of rotatable bonds is 0. The summed E-state index contributed by atoms with van der Waals surface area (Å²) in [7, 11) is 0. The molecule has 0 aliphatic carbocycles. The summed E-state index contributed by atoms with van der Waals surface area (Å²) in [5.74, 6) is 0.593. The number of hydrogen-bond acceptors (Lipinski definition) is 2. The summed E-state index contributed by atoms with van der Waals surface area (Å²) in [6.45, 7) is 7.46. The van der Waals surface area contributed by atoms with Gasteiger partial charge in [-0.15, -0.1) is 0 Å². The Balaban J connectivity index is 0.000000222. The van der Waals surface area contributed by atoms with Crippen molar-refractivity contribution in [3.8, 4) is 0 Å². The Morgan fingerprint density at radius 3 is 1.75 bits per heavy atom. The largest absolute Gasteiger partial charge is 0.236 e. The molecule has 0 saturated carbocycles. The fraction of sp³-hybridized carbons (Fsp3) is 0.333. The van der Waals surface area contributed by atoms with Crippen molar-refractivity contribution >= 4 is 12.4 Å². The first kappa shape index (κ1) is 7.08. The van der Waals surface area contributed by atoms with Gasteiger partial charge in [0.25, 0.3) is 0 Å². The Bertz CT molecular complexity index is 108. The lowest BCUT2D eigenvalue weighted by molar-refractivity contribution is 1.31. The summed E-state index contributed by atoms with van der Waals surface area (Å²) in [6.07, 6.45) is 3.23. The third-order valence-electron chi connectivity index (χ3n) is 0.514. The number of nitrogens with zero attached hydrogens (tertiary/aromatic N) is 2. The van der Waals surface area contributed by atoms with Gasteiger partial charge in [-0.3, -0.25) is 0 Å². The molecule has 1 aliphatic heterocycles. The zero-order chi connectivity index (χ0) is 6.41. The van der Waals surface area contributed by atoms with Crippen LogP contribution >= 0.6 is 0 Å². The molecule has 0 unspecified atom stereocenters. The van der Waals surface area contributed by atoms with Crippen molar-refractivity contribution in [1.82, 2.24) is 0 Å². The average Bonchev–Trinajstić information content (AvgIpc) is 2.24. The zero-order valence-corrected chi connectivity index (χ0v) is 5.26. The molecule has 0 spiro atoms. The van der Waals surface area contributed by atoms with Crippen molar-refractivity contribution in [3.63, 3.8) is 0 Å². The second-order valence-corrected chi connectivity index (χ2v) is 0.973. The predicted molar refractivity (Wildman–Crippen MR) is 37.5 cm³/mol. The molecule has 0 fully saturated rings. The third-order valence-corrected chi connectivity index (χ3v) is 0.514. The van der Waals surface area contributed by atoms with E-state index in [1.165, 1.54) is 0 Å². The fourth-order valence-corrected chi connectivity index (χ4v) is 0.272. The summed E-state index contributed by atoms with van der Waals surface area (Å²) in [5, 5.41) is 0. The van der Waals surface area contributed by atoms with Gasteiger partial charge in [0.15, 0.2) is 0 Å². The normalized spacial score (nSPS) is 13.5. The van der Waals surface area contributed by atoms with E-state index in [0.29, 0.717) is 5.82 Å². The van der Waals surface area contributed by atoms with Crippen LogP contribution < -0.4 is 0 Å². The molecular formula is C6H10N2. The molecule has 0 N–H and O–H groups in total. The highest BCUT2D eigenvalue weighted by molar-refractivity contribution is 6.18. The standard InChI is InChI=1S/C4H4N2.C2H6/c1-4-5-2-3-6-4;1-2/h2-3H,1H2;1-2H3. The monoisotopic (exact) mass is 110 g/mol. The van der Waals surface area contributed by atoms with Gasteiger partial charge >= 0.3 is 0 Å². The molecule has 8 heavy (non-hydrogen) atoms. The maximum Gasteiger partial charge on any atom is 0.144 e. The highest BCUT2D eigenvalue weighted by Crippen LogP contribution is 1.94. The van der Waals surface area contributed by atoms with Gasteiger partial charge in [-0.2, -0.15) is 0 Å². The second-order valence-electron chi connectivity index (χ2n) is 0.973. The topological polar surface area (TPSA) is 24.7 Å². The summed E-state index contributed by atoms with van der Waals surface area (Å²) in [4.78, 5) is 7.39. The van der Waals surface area contributed by atoms with Crippen molar-refractivity contribution in [2.24, 2.45) is 9.98 Å². The third kappa shape index (κ3) is 2.29. The molecular weight excluding hydrogens is 100 g/mol. The average molecular weight is 110 g/mol. The van der Waals surface area contributed by atoms with Crippen LogP contribution in [-0.4, -0.2) is 12.4 Å². The number of hydrogen-bond donors (Lipinski definition) is 0. The first-order valence-corrected chi connectivity index (χ1v) is 2.65. The first-order valence-electron chi connectivity index (χ1n) is 2.65. The molecule has 0 aromatic carbocycles. The highest BCUT2D eigenvalue weighted by Gasteiger charge is 1.83. The van der Waals surface area contributed by atoms with Crippen molar-refractivity contribution in [1.29, 1.82) is 0 Å². The van der Waals surface area contributed by atoms with Crippen molar-refractivity contribution in [2.75, 3.05) is 0 Å². The lowest BCUT2D eigenvalue weighted by atomic mass is 10.9. The van der Waals surface area contributed by atoms with Gasteiger partial charge in [-0.25, -0.2) is 9.98 Å². The van der Waals surface area contributed by atoms with Crippen LogP contribution in [0.2, 0.25) is 0 Å². The molecule has 0 amide bonds. The van der Waals surface area contributed by atoms with E-state index in [2.05, 4.69) is 16.6 Å². The van der Waals surface area contributed by atoms with E-state index < -0.39 is 0 Å². The van der Waals surface area contributed by atoms with Gasteiger partial charge in [0.2, 0.25) is 0 Å². The van der Waals surface area contributed by atoms with Gasteiger partial charge < -0.3 is 0 Å². The first-order chi connectivity index (χ1) is 3.89. The predicted octanol–water partition coefficient (Wildman–Crippen LogP) is 1.64. The highest BCUT2D eigenvalue weighted by atomic mass is 15.0. The van der Waals surface area contributed by atoms with E-state index in [0.717, 1.165) is 0 Å². The Labute approximate surface area is 49.7 Å². The molecule has 1 heterocycles. The van der Waals surface area contributed by atoms with E-state index in [4.69, 9.17) is 0 Å². The van der Waals surface area contributed by atoms with Crippen LogP contribution in [0.25, 0.3) is 0 Å². The van der Waals surface area contributed by atoms with E-state index in [9.17, 15) is 0 Å². The number of aliphatic imine (C=N–C) groups is 2. The van der Waals surface area contributed by atoms with Crippen molar-refractivity contribution in [2.45, 2.75) is 13.8 Å². The molecule has 0 aromatic rings. The summed E-state index contributed by atoms with van der Waals surface area (Å²) in [6, 6.07) is 0. The second kappa shape index (κ2) is 4.24. The van der Waals surface area contributed by atoms with E-state index in [1.807, 2.05) is 13.8 Å². The Hall–Kier alpha value is -0.920. The summed E-state index contributed by atoms with van der Waals surface area (Å²) < 4.78 is 0. The van der Waals surface area contributed by atoms with E-state index >= 15 is 0 Å². The lowest BCUT2D eigenvalue weighted by Crippen LogP contribution is -1.56. The molecule has 1 aliphatic rings. The minimum absolute atomic E-state index is 0.593. The minimum Gasteiger partial charge on any atom is -0.236 e. The fourth-order valence-electron chi connectivity index (χ4n) is 0.272. The van der Waals surface area contributed by atoms with Gasteiger partial charge in [0, 0.05) is 12.4 Å². The lowest BCUT2D eigenvalue weighted by Gasteiger charge is -1.71. The Kier molecular flexibility index (Phi) is 3.76. The van der Waals surface area contributed by atoms with Crippen LogP contribution in [-0.2, 0) is 0 Å². The molecule has 0 aromatic heterocycles. The van der Waals surface area contributed by atoms with Crippen LogP contribution in [0.15, 0.2) is 22.4 Å².